The zero-order chi connectivity index (χ0) is 18.0. The van der Waals surface area contributed by atoms with Crippen molar-refractivity contribution >= 4 is 51.1 Å². The van der Waals surface area contributed by atoms with Crippen molar-refractivity contribution < 1.29 is 24.0 Å². The second-order valence-corrected chi connectivity index (χ2v) is 7.11. The van der Waals surface area contributed by atoms with Crippen molar-refractivity contribution in [2.24, 2.45) is 34.1 Å². The number of primary amides is 4. The van der Waals surface area contributed by atoms with Gasteiger partial charge in [0, 0.05) is 13.1 Å². The van der Waals surface area contributed by atoms with E-state index in [0.717, 1.165) is 0 Å². The summed E-state index contributed by atoms with van der Waals surface area (Å²) in [4.78, 5) is 60.3. The van der Waals surface area contributed by atoms with E-state index in [1.807, 2.05) is 0 Å². The largest absolute Gasteiger partial charge is 0.369 e. The summed E-state index contributed by atoms with van der Waals surface area (Å²) in [5, 5.41) is 0.609. The van der Waals surface area contributed by atoms with Crippen LogP contribution in [0.25, 0.3) is 0 Å². The van der Waals surface area contributed by atoms with Crippen LogP contribution in [0.4, 0.5) is 0 Å². The standard InChI is InChI=1S/C10H16N6O5S2/c11-1-2-16-8(21)9(5(13)18)3(4(12)17)22-23-10(9,6(14)19)7(15)20/h3H,1-2,11H2,(H2,12,17)(H2,13,18)(H2,14,19)(H2,15,20)(H,16,21). The highest BCUT2D eigenvalue weighted by molar-refractivity contribution is 8.78. The van der Waals surface area contributed by atoms with Crippen LogP contribution in [0.5, 0.6) is 0 Å². The fourth-order valence-electron chi connectivity index (χ4n) is 2.31. The number of amides is 5. The molecular weight excluding hydrogens is 348 g/mol. The SMILES string of the molecule is NCCNC(=O)C1(C(N)=O)C(C(N)=O)SSC1(C(N)=O)C(N)=O. The van der Waals surface area contributed by atoms with Gasteiger partial charge in [-0.25, -0.2) is 0 Å². The van der Waals surface area contributed by atoms with Gasteiger partial charge in [0.25, 0.3) is 0 Å². The van der Waals surface area contributed by atoms with Gasteiger partial charge in [-0.1, -0.05) is 21.6 Å². The van der Waals surface area contributed by atoms with Crippen molar-refractivity contribution in [3.63, 3.8) is 0 Å². The van der Waals surface area contributed by atoms with Crippen LogP contribution in [-0.4, -0.2) is 52.6 Å². The molecule has 0 aromatic heterocycles. The van der Waals surface area contributed by atoms with Crippen molar-refractivity contribution in [2.45, 2.75) is 10.00 Å². The van der Waals surface area contributed by atoms with Crippen molar-refractivity contribution in [1.82, 2.24) is 5.32 Å². The first-order valence-electron chi connectivity index (χ1n) is 6.12. The normalized spacial score (nSPS) is 25.5. The zero-order valence-corrected chi connectivity index (χ0v) is 13.4. The first-order chi connectivity index (χ1) is 10.6. The summed E-state index contributed by atoms with van der Waals surface area (Å²) in [6, 6.07) is 0. The molecule has 11 nitrogen and oxygen atoms in total. The molecule has 2 atom stereocenters. The topological polar surface area (TPSA) is 227 Å². The van der Waals surface area contributed by atoms with E-state index in [9.17, 15) is 24.0 Å². The molecule has 23 heavy (non-hydrogen) atoms. The summed E-state index contributed by atoms with van der Waals surface area (Å²) in [6.45, 7) is -0.121. The summed E-state index contributed by atoms with van der Waals surface area (Å²) in [5.41, 5.74) is 23.6. The van der Waals surface area contributed by atoms with Crippen LogP contribution in [0, 0.1) is 5.41 Å². The molecule has 1 rings (SSSR count). The lowest BCUT2D eigenvalue weighted by Crippen LogP contribution is -2.73. The first kappa shape index (κ1) is 19.1. The summed E-state index contributed by atoms with van der Waals surface area (Å²) >= 11 is 0. The predicted octanol–water partition coefficient (Wildman–Crippen LogP) is -4.51. The number of hydrogen-bond donors (Lipinski definition) is 6. The minimum atomic E-state index is -2.67. The molecule has 1 saturated heterocycles. The maximum atomic E-state index is 12.6. The number of nitrogens with two attached hydrogens (primary N) is 5. The number of carbonyl (C=O) groups excluding carboxylic acids is 5. The maximum Gasteiger partial charge on any atom is 0.245 e. The van der Waals surface area contributed by atoms with Crippen LogP contribution in [0.2, 0.25) is 0 Å². The predicted molar refractivity (Wildman–Crippen MR) is 83.0 cm³/mol. The highest BCUT2D eigenvalue weighted by Crippen LogP contribution is 2.62. The fraction of sp³-hybridized carbons (Fsp3) is 0.500. The quantitative estimate of drug-likeness (QED) is 0.190. The zero-order valence-electron chi connectivity index (χ0n) is 11.7. The molecule has 128 valence electrons. The molecular formula is C10H16N6O5S2. The van der Waals surface area contributed by atoms with E-state index in [2.05, 4.69) is 5.32 Å². The number of rotatable bonds is 7. The van der Waals surface area contributed by atoms with Gasteiger partial charge >= 0.3 is 0 Å². The third kappa shape index (κ3) is 2.49. The lowest BCUT2D eigenvalue weighted by Gasteiger charge is -2.37. The van der Waals surface area contributed by atoms with Crippen molar-refractivity contribution in [3.8, 4) is 0 Å². The molecule has 1 fully saturated rings. The van der Waals surface area contributed by atoms with Crippen LogP contribution in [0.3, 0.4) is 0 Å². The van der Waals surface area contributed by atoms with Crippen LogP contribution >= 0.6 is 21.6 Å². The summed E-state index contributed by atoms with van der Waals surface area (Å²) in [6.07, 6.45) is 0. The van der Waals surface area contributed by atoms with Gasteiger partial charge in [0.15, 0.2) is 5.41 Å². The Morgan fingerprint density at radius 2 is 1.48 bits per heavy atom. The molecule has 0 aromatic rings. The Morgan fingerprint density at radius 1 is 0.957 bits per heavy atom. The fourth-order valence-corrected chi connectivity index (χ4v) is 6.20. The Balaban J connectivity index is 3.73. The third-order valence-corrected chi connectivity index (χ3v) is 6.81. The minimum absolute atomic E-state index is 0.0117. The van der Waals surface area contributed by atoms with Gasteiger partial charge in [-0.2, -0.15) is 0 Å². The van der Waals surface area contributed by atoms with Gasteiger partial charge < -0.3 is 34.0 Å². The highest BCUT2D eigenvalue weighted by atomic mass is 33.1. The first-order valence-corrected chi connectivity index (χ1v) is 8.33. The lowest BCUT2D eigenvalue weighted by molar-refractivity contribution is -0.153. The maximum absolute atomic E-state index is 12.6. The van der Waals surface area contributed by atoms with Crippen molar-refractivity contribution in [2.75, 3.05) is 13.1 Å². The van der Waals surface area contributed by atoms with E-state index in [-0.39, 0.29) is 13.1 Å². The minimum Gasteiger partial charge on any atom is -0.369 e. The molecule has 0 saturated carbocycles. The molecule has 0 spiro atoms. The van der Waals surface area contributed by atoms with Gasteiger partial charge in [-0.05, 0) is 0 Å². The summed E-state index contributed by atoms with van der Waals surface area (Å²) in [5.74, 6) is -6.49. The van der Waals surface area contributed by atoms with Crippen molar-refractivity contribution in [1.29, 1.82) is 0 Å². The van der Waals surface area contributed by atoms with Crippen LogP contribution in [0.1, 0.15) is 0 Å². The number of hydrogen-bond acceptors (Lipinski definition) is 8. The van der Waals surface area contributed by atoms with E-state index in [0.29, 0.717) is 21.6 Å². The van der Waals surface area contributed by atoms with E-state index in [1.165, 1.54) is 0 Å². The Labute approximate surface area is 138 Å². The molecule has 0 aromatic carbocycles. The molecule has 1 aliphatic heterocycles. The summed E-state index contributed by atoms with van der Waals surface area (Å²) < 4.78 is -2.57. The van der Waals surface area contributed by atoms with Crippen molar-refractivity contribution in [3.05, 3.63) is 0 Å². The van der Waals surface area contributed by atoms with Crippen LogP contribution < -0.4 is 34.0 Å². The van der Waals surface area contributed by atoms with E-state index in [1.54, 1.807) is 0 Å². The second kappa shape index (κ2) is 6.64. The number of nitrogens with one attached hydrogen (secondary N) is 1. The smallest absolute Gasteiger partial charge is 0.245 e. The van der Waals surface area contributed by atoms with Gasteiger partial charge in [0.1, 0.15) is 5.25 Å². The molecule has 1 aliphatic rings. The third-order valence-electron chi connectivity index (χ3n) is 3.35. The average Bonchev–Trinajstić information content (AvgIpc) is 2.82. The average molecular weight is 364 g/mol. The highest BCUT2D eigenvalue weighted by Gasteiger charge is 2.77. The van der Waals surface area contributed by atoms with E-state index >= 15 is 0 Å². The van der Waals surface area contributed by atoms with Gasteiger partial charge in [-0.3, -0.25) is 24.0 Å². The molecule has 1 heterocycles. The molecule has 11 N–H and O–H groups in total. The van der Waals surface area contributed by atoms with Gasteiger partial charge in [0.05, 0.1) is 0 Å². The molecule has 5 amide bonds. The van der Waals surface area contributed by atoms with Gasteiger partial charge in [-0.15, -0.1) is 0 Å². The van der Waals surface area contributed by atoms with Gasteiger partial charge in [0.2, 0.25) is 34.3 Å². The molecule has 0 aliphatic carbocycles. The summed E-state index contributed by atoms with van der Waals surface area (Å²) in [7, 11) is 0.972. The lowest BCUT2D eigenvalue weighted by atomic mass is 9.68. The van der Waals surface area contributed by atoms with Crippen LogP contribution in [0.15, 0.2) is 0 Å². The molecule has 2 unspecified atom stereocenters. The molecule has 0 radical (unpaired) electrons. The molecule has 0 bridgehead atoms. The van der Waals surface area contributed by atoms with E-state index < -0.39 is 44.9 Å². The Morgan fingerprint density at radius 3 is 1.83 bits per heavy atom. The van der Waals surface area contributed by atoms with Crippen LogP contribution in [-0.2, 0) is 24.0 Å². The van der Waals surface area contributed by atoms with E-state index in [4.69, 9.17) is 28.7 Å². The number of carbonyl (C=O) groups is 5. The Bertz CT molecular complexity index is 570. The monoisotopic (exact) mass is 364 g/mol. The second-order valence-electron chi connectivity index (χ2n) is 4.59. The Hall–Kier alpha value is -1.99. The molecule has 13 heteroatoms. The Kier molecular flexibility index (Phi) is 5.50.